The standard InChI is InChI=1S/C6H14.C4H8.CH4/c1-4-5-6(2)3;1-4(2)3;/h6H,4-5H2,1-3H3;1H2,2-3H3;1H4. The van der Waals surface area contributed by atoms with Crippen LogP contribution in [0, 0.1) is 5.92 Å². The Morgan fingerprint density at radius 2 is 1.55 bits per heavy atom. The second kappa shape index (κ2) is 12.4. The summed E-state index contributed by atoms with van der Waals surface area (Å²) in [5.74, 6) is 0.898. The molecule has 0 saturated heterocycles. The van der Waals surface area contributed by atoms with Crippen LogP contribution in [0.3, 0.4) is 0 Å². The van der Waals surface area contributed by atoms with Crippen molar-refractivity contribution in [3.63, 3.8) is 0 Å². The minimum absolute atomic E-state index is 0. The van der Waals surface area contributed by atoms with Crippen molar-refractivity contribution in [1.29, 1.82) is 0 Å². The Kier molecular flexibility index (Phi) is 19.2. The van der Waals surface area contributed by atoms with Gasteiger partial charge in [0.15, 0.2) is 0 Å². The lowest BCUT2D eigenvalue weighted by atomic mass is 10.1. The Morgan fingerprint density at radius 1 is 1.27 bits per heavy atom. The summed E-state index contributed by atoms with van der Waals surface area (Å²) < 4.78 is 0. The van der Waals surface area contributed by atoms with E-state index in [2.05, 4.69) is 27.4 Å². The monoisotopic (exact) mass is 158 g/mol. The summed E-state index contributed by atoms with van der Waals surface area (Å²) in [5.41, 5.74) is 1.17. The molecule has 0 aliphatic rings. The van der Waals surface area contributed by atoms with Crippen molar-refractivity contribution < 1.29 is 0 Å². The van der Waals surface area contributed by atoms with Crippen LogP contribution >= 0.6 is 0 Å². The molecule has 0 amide bonds. The molecule has 0 aromatic heterocycles. The van der Waals surface area contributed by atoms with E-state index in [-0.39, 0.29) is 7.43 Å². The Bertz CT molecular complexity index is 66.1. The molecule has 0 heterocycles. The smallest absolute Gasteiger partial charge is 0.0445 e. The molecule has 0 aliphatic carbocycles. The van der Waals surface area contributed by atoms with Crippen LogP contribution in [-0.2, 0) is 0 Å². The lowest BCUT2D eigenvalue weighted by molar-refractivity contribution is 0.576. The molecule has 0 fully saturated rings. The van der Waals surface area contributed by atoms with Gasteiger partial charge in [-0.15, -0.1) is 6.58 Å². The molecule has 11 heavy (non-hydrogen) atoms. The molecule has 70 valence electrons. The molecule has 0 atom stereocenters. The van der Waals surface area contributed by atoms with Gasteiger partial charge in [0.1, 0.15) is 0 Å². The molecular formula is C11H26. The first-order chi connectivity index (χ1) is 4.50. The Labute approximate surface area is 73.7 Å². The zero-order valence-corrected chi connectivity index (χ0v) is 8.20. The SMILES string of the molecule is C.C=C(C)C.CCCC(C)C. The maximum absolute atomic E-state index is 3.56. The van der Waals surface area contributed by atoms with E-state index in [1.165, 1.54) is 18.4 Å². The van der Waals surface area contributed by atoms with E-state index in [0.717, 1.165) is 5.92 Å². The summed E-state index contributed by atoms with van der Waals surface area (Å²) in [5, 5.41) is 0. The van der Waals surface area contributed by atoms with E-state index >= 15 is 0 Å². The summed E-state index contributed by atoms with van der Waals surface area (Å²) in [4.78, 5) is 0. The number of hydrogen-bond donors (Lipinski definition) is 0. The molecule has 0 saturated carbocycles. The van der Waals surface area contributed by atoms with Crippen molar-refractivity contribution in [1.82, 2.24) is 0 Å². The normalized spacial score (nSPS) is 7.82. The predicted molar refractivity (Wildman–Crippen MR) is 57.0 cm³/mol. The first kappa shape index (κ1) is 17.0. The van der Waals surface area contributed by atoms with E-state index in [1.807, 2.05) is 13.8 Å². The van der Waals surface area contributed by atoms with Crippen LogP contribution in [0.2, 0.25) is 0 Å². The first-order valence-electron chi connectivity index (χ1n) is 4.12. The third-order valence-corrected chi connectivity index (χ3v) is 0.866. The molecule has 0 heteroatoms. The molecule has 0 unspecified atom stereocenters. The minimum atomic E-state index is 0. The first-order valence-corrected chi connectivity index (χ1v) is 4.12. The minimum Gasteiger partial charge on any atom is -0.100 e. The van der Waals surface area contributed by atoms with Gasteiger partial charge in [-0.05, 0) is 19.8 Å². The number of allylic oxidation sites excluding steroid dienone is 1. The van der Waals surface area contributed by atoms with Gasteiger partial charge in [-0.1, -0.05) is 46.6 Å². The van der Waals surface area contributed by atoms with Crippen LogP contribution in [0.4, 0.5) is 0 Å². The van der Waals surface area contributed by atoms with E-state index in [4.69, 9.17) is 0 Å². The van der Waals surface area contributed by atoms with Gasteiger partial charge in [0.05, 0.1) is 0 Å². The number of rotatable bonds is 2. The fourth-order valence-corrected chi connectivity index (χ4v) is 0.577. The fraction of sp³-hybridized carbons (Fsp3) is 0.818. The summed E-state index contributed by atoms with van der Waals surface area (Å²) in [6.07, 6.45) is 2.71. The van der Waals surface area contributed by atoms with Crippen molar-refractivity contribution in [2.45, 2.75) is 54.9 Å². The van der Waals surface area contributed by atoms with Crippen molar-refractivity contribution in [3.05, 3.63) is 12.2 Å². The van der Waals surface area contributed by atoms with Gasteiger partial charge < -0.3 is 0 Å². The van der Waals surface area contributed by atoms with Gasteiger partial charge in [0, 0.05) is 0 Å². The zero-order valence-electron chi connectivity index (χ0n) is 8.20. The van der Waals surface area contributed by atoms with Gasteiger partial charge in [-0.2, -0.15) is 0 Å². The Hall–Kier alpha value is -0.260. The van der Waals surface area contributed by atoms with Crippen molar-refractivity contribution in [2.24, 2.45) is 5.92 Å². The van der Waals surface area contributed by atoms with Gasteiger partial charge >= 0.3 is 0 Å². The largest absolute Gasteiger partial charge is 0.100 e. The van der Waals surface area contributed by atoms with E-state index < -0.39 is 0 Å². The van der Waals surface area contributed by atoms with Gasteiger partial charge in [0.2, 0.25) is 0 Å². The summed E-state index contributed by atoms with van der Waals surface area (Å²) in [6.45, 7) is 14.2. The molecule has 0 aliphatic heterocycles. The molecule has 0 spiro atoms. The van der Waals surface area contributed by atoms with E-state index in [1.54, 1.807) is 0 Å². The molecular weight excluding hydrogens is 132 g/mol. The highest BCUT2D eigenvalue weighted by atomic mass is 13.9. The van der Waals surface area contributed by atoms with E-state index in [0.29, 0.717) is 0 Å². The van der Waals surface area contributed by atoms with Crippen LogP contribution < -0.4 is 0 Å². The molecule has 0 nitrogen and oxygen atoms in total. The average Bonchev–Trinajstić information content (AvgIpc) is 1.62. The molecule has 0 N–H and O–H groups in total. The second-order valence-electron chi connectivity index (χ2n) is 3.39. The highest BCUT2D eigenvalue weighted by Gasteiger charge is 1.85. The molecule has 0 aromatic carbocycles. The molecule has 0 rings (SSSR count). The molecule has 0 bridgehead atoms. The summed E-state index contributed by atoms with van der Waals surface area (Å²) >= 11 is 0. The van der Waals surface area contributed by atoms with Gasteiger partial charge in [-0.3, -0.25) is 0 Å². The molecule has 0 radical (unpaired) electrons. The highest BCUT2D eigenvalue weighted by Crippen LogP contribution is 2.00. The van der Waals surface area contributed by atoms with Crippen LogP contribution in [0.1, 0.15) is 54.9 Å². The lowest BCUT2D eigenvalue weighted by Crippen LogP contribution is -1.81. The zero-order chi connectivity index (χ0) is 8.57. The van der Waals surface area contributed by atoms with Crippen LogP contribution in [0.25, 0.3) is 0 Å². The van der Waals surface area contributed by atoms with Crippen LogP contribution in [0.5, 0.6) is 0 Å². The summed E-state index contributed by atoms with van der Waals surface area (Å²) in [7, 11) is 0. The predicted octanol–water partition coefficient (Wildman–Crippen LogP) is 4.66. The third-order valence-electron chi connectivity index (χ3n) is 0.866. The average molecular weight is 158 g/mol. The van der Waals surface area contributed by atoms with Crippen LogP contribution in [-0.4, -0.2) is 0 Å². The lowest BCUT2D eigenvalue weighted by Gasteiger charge is -1.95. The second-order valence-corrected chi connectivity index (χ2v) is 3.39. The summed E-state index contributed by atoms with van der Waals surface area (Å²) in [6, 6.07) is 0. The highest BCUT2D eigenvalue weighted by molar-refractivity contribution is 4.78. The Morgan fingerprint density at radius 3 is 1.55 bits per heavy atom. The fourth-order valence-electron chi connectivity index (χ4n) is 0.577. The maximum atomic E-state index is 3.56. The van der Waals surface area contributed by atoms with E-state index in [9.17, 15) is 0 Å². The maximum Gasteiger partial charge on any atom is -0.0445 e. The van der Waals surface area contributed by atoms with Crippen molar-refractivity contribution >= 4 is 0 Å². The Balaban J connectivity index is -0.000000114. The topological polar surface area (TPSA) is 0 Å². The van der Waals surface area contributed by atoms with Crippen molar-refractivity contribution in [2.75, 3.05) is 0 Å². The van der Waals surface area contributed by atoms with Gasteiger partial charge in [0.25, 0.3) is 0 Å². The van der Waals surface area contributed by atoms with Gasteiger partial charge in [-0.25, -0.2) is 0 Å². The molecule has 0 aromatic rings. The quantitative estimate of drug-likeness (QED) is 0.513. The van der Waals surface area contributed by atoms with Crippen molar-refractivity contribution in [3.8, 4) is 0 Å². The number of hydrogen-bond acceptors (Lipinski definition) is 0. The van der Waals surface area contributed by atoms with Crippen LogP contribution in [0.15, 0.2) is 12.2 Å². The third kappa shape index (κ3) is 77.7.